The SMILES string of the molecule is CN(C)CCCNc1nc2sc3c(c2c2nc(-c4ccco4)nn12)CCC3. The second-order valence-electron chi connectivity index (χ2n) is 7.20. The van der Waals surface area contributed by atoms with Crippen molar-refractivity contribution in [2.24, 2.45) is 0 Å². The van der Waals surface area contributed by atoms with Crippen molar-refractivity contribution < 1.29 is 4.42 Å². The van der Waals surface area contributed by atoms with E-state index in [1.807, 2.05) is 16.6 Å². The van der Waals surface area contributed by atoms with E-state index in [9.17, 15) is 0 Å². The zero-order chi connectivity index (χ0) is 18.4. The average molecular weight is 382 g/mol. The molecule has 0 bridgehead atoms. The van der Waals surface area contributed by atoms with Crippen molar-refractivity contribution >= 4 is 33.1 Å². The number of aromatic nitrogens is 4. The molecule has 0 aromatic carbocycles. The molecule has 4 aromatic rings. The summed E-state index contributed by atoms with van der Waals surface area (Å²) in [5, 5.41) is 9.33. The minimum Gasteiger partial charge on any atom is -0.461 e. The lowest BCUT2D eigenvalue weighted by Gasteiger charge is -2.11. The van der Waals surface area contributed by atoms with Crippen molar-refractivity contribution in [3.63, 3.8) is 0 Å². The number of anilines is 1. The van der Waals surface area contributed by atoms with Gasteiger partial charge in [0.05, 0.1) is 11.6 Å². The average Bonchev–Trinajstić information content (AvgIpc) is 3.40. The van der Waals surface area contributed by atoms with Gasteiger partial charge < -0.3 is 14.6 Å². The van der Waals surface area contributed by atoms with Crippen LogP contribution in [0.5, 0.6) is 0 Å². The fourth-order valence-corrected chi connectivity index (χ4v) is 4.94. The number of fused-ring (bicyclic) bond motifs is 5. The number of rotatable bonds is 6. The minimum absolute atomic E-state index is 0.601. The van der Waals surface area contributed by atoms with Crippen LogP contribution in [0.4, 0.5) is 5.95 Å². The Morgan fingerprint density at radius 3 is 3.04 bits per heavy atom. The van der Waals surface area contributed by atoms with Crippen LogP contribution in [0.15, 0.2) is 22.8 Å². The predicted octanol–water partition coefficient (Wildman–Crippen LogP) is 3.45. The predicted molar refractivity (Wildman–Crippen MR) is 108 cm³/mol. The van der Waals surface area contributed by atoms with Gasteiger partial charge in [-0.2, -0.15) is 4.52 Å². The van der Waals surface area contributed by atoms with E-state index in [0.717, 1.165) is 54.2 Å². The lowest BCUT2D eigenvalue weighted by molar-refractivity contribution is 0.405. The van der Waals surface area contributed by atoms with Crippen LogP contribution in [0.25, 0.3) is 27.4 Å². The van der Waals surface area contributed by atoms with Gasteiger partial charge in [-0.1, -0.05) is 0 Å². The van der Waals surface area contributed by atoms with Crippen molar-refractivity contribution in [3.05, 3.63) is 28.8 Å². The Morgan fingerprint density at radius 2 is 2.22 bits per heavy atom. The third-order valence-electron chi connectivity index (χ3n) is 4.95. The number of thiophene rings is 1. The first-order chi connectivity index (χ1) is 13.2. The fraction of sp³-hybridized carbons (Fsp3) is 0.421. The van der Waals surface area contributed by atoms with Crippen molar-refractivity contribution in [2.75, 3.05) is 32.5 Å². The molecule has 140 valence electrons. The monoisotopic (exact) mass is 382 g/mol. The van der Waals surface area contributed by atoms with E-state index in [1.165, 1.54) is 16.9 Å². The smallest absolute Gasteiger partial charge is 0.227 e. The first-order valence-electron chi connectivity index (χ1n) is 9.34. The summed E-state index contributed by atoms with van der Waals surface area (Å²) in [6.07, 6.45) is 6.15. The van der Waals surface area contributed by atoms with Crippen LogP contribution in [0.1, 0.15) is 23.3 Å². The van der Waals surface area contributed by atoms with Crippen molar-refractivity contribution in [1.29, 1.82) is 0 Å². The molecule has 27 heavy (non-hydrogen) atoms. The second-order valence-corrected chi connectivity index (χ2v) is 8.29. The molecule has 0 fully saturated rings. The van der Waals surface area contributed by atoms with E-state index in [0.29, 0.717) is 11.6 Å². The zero-order valence-electron chi connectivity index (χ0n) is 15.5. The molecule has 0 atom stereocenters. The van der Waals surface area contributed by atoms with Crippen LogP contribution in [-0.2, 0) is 12.8 Å². The maximum atomic E-state index is 5.52. The van der Waals surface area contributed by atoms with Gasteiger partial charge in [0, 0.05) is 11.4 Å². The molecule has 0 amide bonds. The van der Waals surface area contributed by atoms with Crippen LogP contribution in [-0.4, -0.2) is 51.7 Å². The highest BCUT2D eigenvalue weighted by atomic mass is 32.1. The van der Waals surface area contributed by atoms with Crippen LogP contribution < -0.4 is 5.32 Å². The normalized spacial score (nSPS) is 13.9. The molecule has 5 rings (SSSR count). The van der Waals surface area contributed by atoms with Crippen LogP contribution in [0.2, 0.25) is 0 Å². The van der Waals surface area contributed by atoms with Gasteiger partial charge in [0.1, 0.15) is 4.83 Å². The van der Waals surface area contributed by atoms with E-state index >= 15 is 0 Å². The summed E-state index contributed by atoms with van der Waals surface area (Å²) in [4.78, 5) is 14.4. The minimum atomic E-state index is 0.601. The summed E-state index contributed by atoms with van der Waals surface area (Å²) in [6, 6.07) is 3.75. The standard InChI is InChI=1S/C19H22N6OS/c1-24(2)10-5-9-20-19-22-18-15(12-6-3-8-14(12)27-18)17-21-16(23-25(17)19)13-7-4-11-26-13/h4,7,11H,3,5-6,8-10H2,1-2H3,(H,20,22). The lowest BCUT2D eigenvalue weighted by Crippen LogP contribution is -2.17. The summed E-state index contributed by atoms with van der Waals surface area (Å²) in [6.45, 7) is 1.87. The van der Waals surface area contributed by atoms with Gasteiger partial charge in [0.15, 0.2) is 11.4 Å². The molecule has 0 saturated heterocycles. The highest BCUT2D eigenvalue weighted by Crippen LogP contribution is 2.39. The Morgan fingerprint density at radius 1 is 1.30 bits per heavy atom. The first kappa shape index (κ1) is 16.7. The summed E-state index contributed by atoms with van der Waals surface area (Å²) in [5.41, 5.74) is 2.28. The molecule has 0 spiro atoms. The number of nitrogens with one attached hydrogen (secondary N) is 1. The van der Waals surface area contributed by atoms with Crippen LogP contribution in [0.3, 0.4) is 0 Å². The van der Waals surface area contributed by atoms with Gasteiger partial charge in [-0.05, 0) is 64.0 Å². The lowest BCUT2D eigenvalue weighted by atomic mass is 10.2. The Bertz CT molecular complexity index is 1090. The molecule has 0 radical (unpaired) electrons. The number of furan rings is 1. The summed E-state index contributed by atoms with van der Waals surface area (Å²) >= 11 is 1.80. The molecule has 0 saturated carbocycles. The van der Waals surface area contributed by atoms with E-state index < -0.39 is 0 Å². The van der Waals surface area contributed by atoms with Gasteiger partial charge >= 0.3 is 0 Å². The van der Waals surface area contributed by atoms with Gasteiger partial charge in [-0.3, -0.25) is 0 Å². The largest absolute Gasteiger partial charge is 0.461 e. The van der Waals surface area contributed by atoms with Crippen molar-refractivity contribution in [1.82, 2.24) is 24.5 Å². The number of nitrogens with zero attached hydrogens (tertiary/aromatic N) is 5. The number of aryl methyl sites for hydroxylation is 2. The molecular formula is C19H22N6OS. The van der Waals surface area contributed by atoms with Gasteiger partial charge in [-0.25, -0.2) is 9.97 Å². The number of hydrogen-bond donors (Lipinski definition) is 1. The molecule has 8 heteroatoms. The first-order valence-corrected chi connectivity index (χ1v) is 10.2. The summed E-state index contributed by atoms with van der Waals surface area (Å²) in [5.74, 6) is 2.03. The highest BCUT2D eigenvalue weighted by Gasteiger charge is 2.24. The quantitative estimate of drug-likeness (QED) is 0.515. The molecular weight excluding hydrogens is 360 g/mol. The van der Waals surface area contributed by atoms with Gasteiger partial charge in [-0.15, -0.1) is 16.4 Å². The summed E-state index contributed by atoms with van der Waals surface area (Å²) < 4.78 is 7.37. The van der Waals surface area contributed by atoms with Gasteiger partial charge in [0.2, 0.25) is 11.8 Å². The van der Waals surface area contributed by atoms with Crippen molar-refractivity contribution in [2.45, 2.75) is 25.7 Å². The van der Waals surface area contributed by atoms with E-state index in [1.54, 1.807) is 17.6 Å². The molecule has 0 unspecified atom stereocenters. The van der Waals surface area contributed by atoms with Crippen LogP contribution >= 0.6 is 11.3 Å². The van der Waals surface area contributed by atoms with E-state index in [4.69, 9.17) is 19.5 Å². The summed E-state index contributed by atoms with van der Waals surface area (Å²) in [7, 11) is 4.17. The molecule has 0 aliphatic heterocycles. The Labute approximate surface area is 161 Å². The van der Waals surface area contributed by atoms with E-state index in [-0.39, 0.29) is 0 Å². The fourth-order valence-electron chi connectivity index (χ4n) is 3.68. The topological polar surface area (TPSA) is 71.5 Å². The highest BCUT2D eigenvalue weighted by molar-refractivity contribution is 7.19. The molecule has 1 aliphatic carbocycles. The molecule has 1 N–H and O–H groups in total. The van der Waals surface area contributed by atoms with Crippen molar-refractivity contribution in [3.8, 4) is 11.6 Å². The molecule has 4 heterocycles. The maximum absolute atomic E-state index is 5.52. The zero-order valence-corrected chi connectivity index (χ0v) is 16.3. The van der Waals surface area contributed by atoms with E-state index in [2.05, 4.69) is 24.3 Å². The van der Waals surface area contributed by atoms with Crippen LogP contribution in [0, 0.1) is 0 Å². The second kappa shape index (κ2) is 6.61. The molecule has 4 aromatic heterocycles. The Balaban J connectivity index is 1.62. The number of hydrogen-bond acceptors (Lipinski definition) is 7. The Hall–Kier alpha value is -2.45. The van der Waals surface area contributed by atoms with Gasteiger partial charge in [0.25, 0.3) is 0 Å². The third kappa shape index (κ3) is 2.89. The Kier molecular flexibility index (Phi) is 4.09. The maximum Gasteiger partial charge on any atom is 0.227 e. The third-order valence-corrected chi connectivity index (χ3v) is 6.13. The molecule has 7 nitrogen and oxygen atoms in total. The molecule has 1 aliphatic rings.